The van der Waals surface area contributed by atoms with E-state index in [-0.39, 0.29) is 0 Å². The number of terminal acetylenes is 1. The smallest absolute Gasteiger partial charge is 0.0256 e. The van der Waals surface area contributed by atoms with Crippen molar-refractivity contribution in [3.8, 4) is 12.3 Å². The second kappa shape index (κ2) is 4.66. The molecule has 0 spiro atoms. The Morgan fingerprint density at radius 2 is 2.05 bits per heavy atom. The summed E-state index contributed by atoms with van der Waals surface area (Å²) in [4.78, 5) is 0. The summed E-state index contributed by atoms with van der Waals surface area (Å²) in [6.07, 6.45) is 21.1. The van der Waals surface area contributed by atoms with Gasteiger partial charge in [0, 0.05) is 5.92 Å². The normalized spacial score (nSPS) is 50.4. The fourth-order valence-electron chi connectivity index (χ4n) is 6.58. The van der Waals surface area contributed by atoms with Crippen LogP contribution in [0.15, 0.2) is 11.6 Å². The monoisotopic (exact) mass is 268 g/mol. The van der Waals surface area contributed by atoms with E-state index in [0.29, 0.717) is 11.3 Å². The Morgan fingerprint density at radius 3 is 2.90 bits per heavy atom. The summed E-state index contributed by atoms with van der Waals surface area (Å²) in [5.74, 6) is 7.60. The minimum atomic E-state index is 0.478. The minimum absolute atomic E-state index is 0.478. The van der Waals surface area contributed by atoms with E-state index in [0.717, 1.165) is 23.7 Å². The molecule has 0 aliphatic heterocycles. The highest BCUT2D eigenvalue weighted by Crippen LogP contribution is 2.63. The van der Waals surface area contributed by atoms with Crippen LogP contribution in [0.1, 0.15) is 64.7 Å². The molecule has 0 heteroatoms. The standard InChI is InChI=1S/C20H28/c1-3-15-9-11-19-18-10-8-14-6-4-5-7-16(14)17(18)12-13-20(15,19)2/h1,6,15-19H,4-5,7-13H2,2H3/t15-,16+,17-,18-,19+,20-/m1/s1. The van der Waals surface area contributed by atoms with Gasteiger partial charge in [-0.25, -0.2) is 0 Å². The molecule has 0 radical (unpaired) electrons. The van der Waals surface area contributed by atoms with Crippen molar-refractivity contribution in [1.82, 2.24) is 0 Å². The van der Waals surface area contributed by atoms with Crippen molar-refractivity contribution in [2.45, 2.75) is 64.7 Å². The molecule has 4 aliphatic carbocycles. The van der Waals surface area contributed by atoms with Crippen LogP contribution in [0.25, 0.3) is 0 Å². The van der Waals surface area contributed by atoms with Crippen molar-refractivity contribution in [3.63, 3.8) is 0 Å². The van der Waals surface area contributed by atoms with Crippen molar-refractivity contribution in [3.05, 3.63) is 11.6 Å². The quantitative estimate of drug-likeness (QED) is 0.418. The first-order valence-electron chi connectivity index (χ1n) is 8.89. The van der Waals surface area contributed by atoms with Crippen LogP contribution in [0, 0.1) is 47.3 Å². The highest BCUT2D eigenvalue weighted by molar-refractivity contribution is 5.19. The van der Waals surface area contributed by atoms with Gasteiger partial charge >= 0.3 is 0 Å². The molecule has 0 amide bonds. The molecule has 0 nitrogen and oxygen atoms in total. The van der Waals surface area contributed by atoms with Crippen molar-refractivity contribution in [2.75, 3.05) is 0 Å². The molecule has 0 aromatic carbocycles. The van der Waals surface area contributed by atoms with E-state index in [1.807, 2.05) is 5.57 Å². The number of hydrogen-bond acceptors (Lipinski definition) is 0. The van der Waals surface area contributed by atoms with Crippen LogP contribution in [-0.2, 0) is 0 Å². The Bertz CT molecular complexity index is 465. The maximum Gasteiger partial charge on any atom is 0.0256 e. The van der Waals surface area contributed by atoms with E-state index >= 15 is 0 Å². The summed E-state index contributed by atoms with van der Waals surface area (Å²) in [6, 6.07) is 0. The van der Waals surface area contributed by atoms with E-state index < -0.39 is 0 Å². The van der Waals surface area contributed by atoms with Crippen LogP contribution in [-0.4, -0.2) is 0 Å². The van der Waals surface area contributed by atoms with Crippen LogP contribution in [0.3, 0.4) is 0 Å². The molecule has 4 aliphatic rings. The van der Waals surface area contributed by atoms with Gasteiger partial charge in [-0.3, -0.25) is 0 Å². The lowest BCUT2D eigenvalue weighted by Crippen LogP contribution is -2.45. The van der Waals surface area contributed by atoms with Gasteiger partial charge in [0.2, 0.25) is 0 Å². The third kappa shape index (κ3) is 1.68. The van der Waals surface area contributed by atoms with Gasteiger partial charge < -0.3 is 0 Å². The third-order valence-electron chi connectivity index (χ3n) is 7.58. The van der Waals surface area contributed by atoms with Crippen molar-refractivity contribution < 1.29 is 0 Å². The van der Waals surface area contributed by atoms with Crippen LogP contribution in [0.2, 0.25) is 0 Å². The van der Waals surface area contributed by atoms with Gasteiger partial charge in [0.25, 0.3) is 0 Å². The summed E-state index contributed by atoms with van der Waals surface area (Å²) in [5, 5.41) is 0. The predicted molar refractivity (Wildman–Crippen MR) is 84.0 cm³/mol. The van der Waals surface area contributed by atoms with Gasteiger partial charge in [-0.05, 0) is 86.9 Å². The second-order valence-electron chi connectivity index (χ2n) is 8.13. The molecule has 20 heavy (non-hydrogen) atoms. The molecule has 0 heterocycles. The second-order valence-corrected chi connectivity index (χ2v) is 8.13. The Balaban J connectivity index is 1.63. The molecule has 0 bridgehead atoms. The fourth-order valence-corrected chi connectivity index (χ4v) is 6.58. The largest absolute Gasteiger partial charge is 0.120 e. The first-order chi connectivity index (χ1) is 9.74. The average molecular weight is 268 g/mol. The molecule has 0 saturated heterocycles. The molecule has 6 atom stereocenters. The zero-order valence-electron chi connectivity index (χ0n) is 12.9. The molecule has 0 aromatic heterocycles. The van der Waals surface area contributed by atoms with E-state index in [1.165, 1.54) is 57.8 Å². The van der Waals surface area contributed by atoms with Crippen LogP contribution in [0.5, 0.6) is 0 Å². The maximum atomic E-state index is 5.84. The van der Waals surface area contributed by atoms with Gasteiger partial charge in [0.15, 0.2) is 0 Å². The highest BCUT2D eigenvalue weighted by atomic mass is 14.6. The number of fused-ring (bicyclic) bond motifs is 5. The first kappa shape index (κ1) is 13.0. The van der Waals surface area contributed by atoms with Crippen LogP contribution in [0.4, 0.5) is 0 Å². The third-order valence-corrected chi connectivity index (χ3v) is 7.58. The Hall–Kier alpha value is -0.700. The van der Waals surface area contributed by atoms with Gasteiger partial charge in [-0.15, -0.1) is 12.3 Å². The molecule has 108 valence electrons. The van der Waals surface area contributed by atoms with Crippen molar-refractivity contribution >= 4 is 0 Å². The Morgan fingerprint density at radius 1 is 1.15 bits per heavy atom. The zero-order chi connectivity index (χ0) is 13.7. The Labute approximate surface area is 124 Å². The van der Waals surface area contributed by atoms with Gasteiger partial charge in [-0.2, -0.15) is 0 Å². The SMILES string of the molecule is C#C[C@@H]1CC[C@H]2[C@@H]3CCC4=CCCC[C@@H]4[C@H]3CC[C@]12C. The molecular weight excluding hydrogens is 240 g/mol. The van der Waals surface area contributed by atoms with E-state index in [4.69, 9.17) is 6.42 Å². The highest BCUT2D eigenvalue weighted by Gasteiger charge is 2.55. The van der Waals surface area contributed by atoms with Gasteiger partial charge in [0.05, 0.1) is 0 Å². The lowest BCUT2D eigenvalue weighted by Gasteiger charge is -2.53. The molecule has 3 saturated carbocycles. The first-order valence-corrected chi connectivity index (χ1v) is 8.89. The fraction of sp³-hybridized carbons (Fsp3) is 0.800. The predicted octanol–water partition coefficient (Wildman–Crippen LogP) is 5.20. The summed E-state index contributed by atoms with van der Waals surface area (Å²) >= 11 is 0. The number of allylic oxidation sites excluding steroid dienone is 2. The summed E-state index contributed by atoms with van der Waals surface area (Å²) in [6.45, 7) is 2.53. The molecule has 0 aromatic rings. The zero-order valence-corrected chi connectivity index (χ0v) is 12.9. The van der Waals surface area contributed by atoms with E-state index in [1.54, 1.807) is 0 Å². The van der Waals surface area contributed by atoms with Crippen LogP contribution < -0.4 is 0 Å². The molecule has 4 rings (SSSR count). The lowest BCUT2D eigenvalue weighted by molar-refractivity contribution is -0.0120. The molecule has 0 N–H and O–H groups in total. The van der Waals surface area contributed by atoms with E-state index in [9.17, 15) is 0 Å². The number of rotatable bonds is 0. The molecule has 0 unspecified atom stereocenters. The van der Waals surface area contributed by atoms with Crippen molar-refractivity contribution in [1.29, 1.82) is 0 Å². The van der Waals surface area contributed by atoms with E-state index in [2.05, 4.69) is 18.9 Å². The van der Waals surface area contributed by atoms with Crippen molar-refractivity contribution in [2.24, 2.45) is 35.0 Å². The number of hydrogen-bond donors (Lipinski definition) is 0. The minimum Gasteiger partial charge on any atom is -0.120 e. The summed E-state index contributed by atoms with van der Waals surface area (Å²) in [5.41, 5.74) is 2.32. The van der Waals surface area contributed by atoms with Crippen LogP contribution >= 0.6 is 0 Å². The molecular formula is C20H28. The molecule has 3 fully saturated rings. The van der Waals surface area contributed by atoms with Gasteiger partial charge in [-0.1, -0.05) is 18.6 Å². The average Bonchev–Trinajstić information content (AvgIpc) is 2.83. The Kier molecular flexibility index (Phi) is 3.03. The topological polar surface area (TPSA) is 0 Å². The summed E-state index contributed by atoms with van der Waals surface area (Å²) < 4.78 is 0. The maximum absolute atomic E-state index is 5.84. The lowest BCUT2D eigenvalue weighted by atomic mass is 9.51. The summed E-state index contributed by atoms with van der Waals surface area (Å²) in [7, 11) is 0. The van der Waals surface area contributed by atoms with Gasteiger partial charge in [0.1, 0.15) is 0 Å².